The third-order valence-corrected chi connectivity index (χ3v) is 3.98. The van der Waals surface area contributed by atoms with Crippen LogP contribution in [0.3, 0.4) is 0 Å². The molecule has 26 heavy (non-hydrogen) atoms. The van der Waals surface area contributed by atoms with Crippen molar-refractivity contribution in [2.45, 2.75) is 12.3 Å². The van der Waals surface area contributed by atoms with Gasteiger partial charge in [0.2, 0.25) is 5.91 Å². The Morgan fingerprint density at radius 3 is 2.15 bits per heavy atom. The van der Waals surface area contributed by atoms with E-state index < -0.39 is 5.92 Å². The molecule has 130 valence electrons. The third-order valence-electron chi connectivity index (χ3n) is 3.98. The van der Waals surface area contributed by atoms with Crippen LogP contribution in [-0.4, -0.2) is 15.9 Å². The van der Waals surface area contributed by atoms with Crippen molar-refractivity contribution in [3.8, 4) is 0 Å². The van der Waals surface area contributed by atoms with Gasteiger partial charge in [0.25, 0.3) is 5.56 Å². The summed E-state index contributed by atoms with van der Waals surface area (Å²) in [5, 5.41) is 2.71. The summed E-state index contributed by atoms with van der Waals surface area (Å²) in [7, 11) is 0. The molecule has 0 atom stereocenters. The Morgan fingerprint density at radius 1 is 1.08 bits per heavy atom. The Kier molecular flexibility index (Phi) is 5.39. The van der Waals surface area contributed by atoms with Crippen LogP contribution in [0, 0.1) is 0 Å². The van der Waals surface area contributed by atoms with Gasteiger partial charge in [0.15, 0.2) is 0 Å². The standard InChI is InChI=1S/C21H19N3O2/c1-2-9-18-22-14-17(20(25)24-18)23-21(26)19(15-10-5-3-6-11-15)16-12-7-4-8-13-16/h2-8,10-14,19H,1,9H2,(H,23,26)(H,22,24,25). The molecule has 0 saturated carbocycles. The molecule has 0 aliphatic rings. The normalized spacial score (nSPS) is 10.5. The van der Waals surface area contributed by atoms with Crippen LogP contribution in [0.5, 0.6) is 0 Å². The molecule has 0 unspecified atom stereocenters. The molecule has 1 amide bonds. The lowest BCUT2D eigenvalue weighted by molar-refractivity contribution is -0.116. The van der Waals surface area contributed by atoms with Gasteiger partial charge in [0.05, 0.1) is 12.1 Å². The van der Waals surface area contributed by atoms with E-state index in [9.17, 15) is 9.59 Å². The van der Waals surface area contributed by atoms with Gasteiger partial charge in [0, 0.05) is 6.42 Å². The van der Waals surface area contributed by atoms with E-state index in [2.05, 4.69) is 21.9 Å². The highest BCUT2D eigenvalue weighted by Gasteiger charge is 2.23. The number of benzene rings is 2. The summed E-state index contributed by atoms with van der Waals surface area (Å²) in [6.45, 7) is 3.62. The first kappa shape index (κ1) is 17.4. The Hall–Kier alpha value is -3.47. The number of anilines is 1. The quantitative estimate of drug-likeness (QED) is 0.673. The Balaban J connectivity index is 1.92. The molecule has 1 aromatic heterocycles. The van der Waals surface area contributed by atoms with E-state index in [4.69, 9.17) is 0 Å². The number of nitrogens with one attached hydrogen (secondary N) is 2. The molecule has 2 N–H and O–H groups in total. The SMILES string of the molecule is C=CCc1ncc(NC(=O)C(c2ccccc2)c2ccccc2)c(=O)[nH]1. The number of hydrogen-bond donors (Lipinski definition) is 2. The predicted octanol–water partition coefficient (Wildman–Crippen LogP) is 3.27. The number of nitrogens with zero attached hydrogens (tertiary/aromatic N) is 1. The molecule has 5 heteroatoms. The van der Waals surface area contributed by atoms with Crippen LogP contribution in [0.1, 0.15) is 22.9 Å². The highest BCUT2D eigenvalue weighted by molar-refractivity contribution is 5.97. The van der Waals surface area contributed by atoms with Gasteiger partial charge in [-0.3, -0.25) is 9.59 Å². The number of carbonyl (C=O) groups excluding carboxylic acids is 1. The Bertz CT molecular complexity index is 910. The van der Waals surface area contributed by atoms with E-state index >= 15 is 0 Å². The van der Waals surface area contributed by atoms with Crippen molar-refractivity contribution in [3.05, 3.63) is 107 Å². The van der Waals surface area contributed by atoms with E-state index in [1.807, 2.05) is 60.7 Å². The molecule has 2 aromatic carbocycles. The molecule has 5 nitrogen and oxygen atoms in total. The van der Waals surface area contributed by atoms with Crippen molar-refractivity contribution < 1.29 is 4.79 Å². The van der Waals surface area contributed by atoms with Crippen LogP contribution in [-0.2, 0) is 11.2 Å². The first-order chi connectivity index (χ1) is 12.7. The maximum Gasteiger partial charge on any atom is 0.274 e. The maximum absolute atomic E-state index is 13.0. The second kappa shape index (κ2) is 8.07. The zero-order valence-corrected chi connectivity index (χ0v) is 14.2. The number of rotatable bonds is 6. The monoisotopic (exact) mass is 345 g/mol. The molecule has 0 fully saturated rings. The zero-order valence-electron chi connectivity index (χ0n) is 14.2. The van der Waals surface area contributed by atoms with Gasteiger partial charge in [0.1, 0.15) is 11.5 Å². The summed E-state index contributed by atoms with van der Waals surface area (Å²) in [5.74, 6) is -0.304. The summed E-state index contributed by atoms with van der Waals surface area (Å²) in [5.41, 5.74) is 1.44. The lowest BCUT2D eigenvalue weighted by atomic mass is 9.90. The first-order valence-electron chi connectivity index (χ1n) is 8.29. The summed E-state index contributed by atoms with van der Waals surface area (Å²) in [4.78, 5) is 32.0. The number of carbonyl (C=O) groups is 1. The van der Waals surface area contributed by atoms with Gasteiger partial charge in [-0.25, -0.2) is 4.98 Å². The van der Waals surface area contributed by atoms with E-state index in [1.165, 1.54) is 6.20 Å². The van der Waals surface area contributed by atoms with E-state index in [1.54, 1.807) is 6.08 Å². The van der Waals surface area contributed by atoms with Gasteiger partial charge >= 0.3 is 0 Å². The molecular weight excluding hydrogens is 326 g/mol. The fraction of sp³-hybridized carbons (Fsp3) is 0.0952. The van der Waals surface area contributed by atoms with E-state index in [-0.39, 0.29) is 17.2 Å². The van der Waals surface area contributed by atoms with E-state index in [0.717, 1.165) is 11.1 Å². The number of amides is 1. The molecule has 1 heterocycles. The second-order valence-electron chi connectivity index (χ2n) is 5.81. The van der Waals surface area contributed by atoms with Crippen LogP contribution in [0.15, 0.2) is 84.3 Å². The lowest BCUT2D eigenvalue weighted by Crippen LogP contribution is -2.26. The van der Waals surface area contributed by atoms with E-state index in [0.29, 0.717) is 12.2 Å². The highest BCUT2D eigenvalue weighted by atomic mass is 16.2. The minimum atomic E-state index is -0.523. The minimum Gasteiger partial charge on any atom is -0.319 e. The van der Waals surface area contributed by atoms with Crippen molar-refractivity contribution >= 4 is 11.6 Å². The number of H-pyrrole nitrogens is 1. The fourth-order valence-corrected chi connectivity index (χ4v) is 2.75. The van der Waals surface area contributed by atoms with Crippen molar-refractivity contribution in [3.63, 3.8) is 0 Å². The van der Waals surface area contributed by atoms with Crippen molar-refractivity contribution in [1.29, 1.82) is 0 Å². The topological polar surface area (TPSA) is 74.8 Å². The lowest BCUT2D eigenvalue weighted by Gasteiger charge is -2.17. The summed E-state index contributed by atoms with van der Waals surface area (Å²) >= 11 is 0. The first-order valence-corrected chi connectivity index (χ1v) is 8.29. The van der Waals surface area contributed by atoms with Crippen molar-refractivity contribution in [1.82, 2.24) is 9.97 Å². The summed E-state index contributed by atoms with van der Waals surface area (Å²) < 4.78 is 0. The average molecular weight is 345 g/mol. The van der Waals surface area contributed by atoms with Crippen molar-refractivity contribution in [2.75, 3.05) is 5.32 Å². The molecular formula is C21H19N3O2. The summed E-state index contributed by atoms with van der Waals surface area (Å²) in [6, 6.07) is 18.9. The van der Waals surface area contributed by atoms with Gasteiger partial charge in [-0.05, 0) is 11.1 Å². The van der Waals surface area contributed by atoms with Gasteiger partial charge in [-0.15, -0.1) is 6.58 Å². The third kappa shape index (κ3) is 3.95. The smallest absolute Gasteiger partial charge is 0.274 e. The van der Waals surface area contributed by atoms with Gasteiger partial charge in [-0.2, -0.15) is 0 Å². The molecule has 0 radical (unpaired) electrons. The van der Waals surface area contributed by atoms with Crippen LogP contribution in [0.2, 0.25) is 0 Å². The molecule has 0 aliphatic heterocycles. The maximum atomic E-state index is 13.0. The average Bonchev–Trinajstić information content (AvgIpc) is 2.66. The largest absolute Gasteiger partial charge is 0.319 e. The van der Waals surface area contributed by atoms with Crippen molar-refractivity contribution in [2.24, 2.45) is 0 Å². The molecule has 0 bridgehead atoms. The number of aromatic nitrogens is 2. The number of hydrogen-bond acceptors (Lipinski definition) is 3. The molecule has 0 aliphatic carbocycles. The zero-order chi connectivity index (χ0) is 18.4. The summed E-state index contributed by atoms with van der Waals surface area (Å²) in [6.07, 6.45) is 3.49. The van der Waals surface area contributed by atoms with Crippen LogP contribution >= 0.6 is 0 Å². The number of allylic oxidation sites excluding steroid dienone is 1. The number of aromatic amines is 1. The van der Waals surface area contributed by atoms with Gasteiger partial charge < -0.3 is 10.3 Å². The second-order valence-corrected chi connectivity index (χ2v) is 5.81. The van der Waals surface area contributed by atoms with Crippen LogP contribution in [0.25, 0.3) is 0 Å². The predicted molar refractivity (Wildman–Crippen MR) is 102 cm³/mol. The van der Waals surface area contributed by atoms with Crippen LogP contribution in [0.4, 0.5) is 5.69 Å². The van der Waals surface area contributed by atoms with Crippen LogP contribution < -0.4 is 10.9 Å². The minimum absolute atomic E-state index is 0.125. The Labute approximate surface area is 151 Å². The molecule has 3 aromatic rings. The molecule has 0 saturated heterocycles. The molecule has 0 spiro atoms. The fourth-order valence-electron chi connectivity index (χ4n) is 2.75. The Morgan fingerprint density at radius 2 is 1.65 bits per heavy atom. The van der Waals surface area contributed by atoms with Gasteiger partial charge in [-0.1, -0.05) is 66.7 Å². The highest BCUT2D eigenvalue weighted by Crippen LogP contribution is 2.25. The molecule has 3 rings (SSSR count).